The van der Waals surface area contributed by atoms with Crippen LogP contribution >= 0.6 is 7.82 Å². The number of allylic oxidation sites excluding steroid dienone is 4. The summed E-state index contributed by atoms with van der Waals surface area (Å²) in [4.78, 5) is 45.5. The first-order valence-electron chi connectivity index (χ1n) is 17.4. The maximum Gasteiger partial charge on any atom is 0.472 e. The van der Waals surface area contributed by atoms with Crippen molar-refractivity contribution >= 4 is 25.7 Å². The fraction of sp³-hybridized carbons (Fsp3) is 0.794. The zero-order valence-electron chi connectivity index (χ0n) is 28.4. The van der Waals surface area contributed by atoms with Crippen molar-refractivity contribution in [3.8, 4) is 0 Å². The van der Waals surface area contributed by atoms with Gasteiger partial charge in [0.1, 0.15) is 12.7 Å². The molecule has 0 fully saturated rings. The predicted molar refractivity (Wildman–Crippen MR) is 180 cm³/mol. The number of hydrogen-bond donors (Lipinski definition) is 4. The molecule has 268 valence electrons. The second-order valence-corrected chi connectivity index (χ2v) is 13.1. The minimum absolute atomic E-state index is 0.134. The number of esters is 1. The molecule has 1 amide bonds. The summed E-state index contributed by atoms with van der Waals surface area (Å²) < 4.78 is 26.6. The van der Waals surface area contributed by atoms with E-state index >= 15 is 0 Å². The van der Waals surface area contributed by atoms with Crippen molar-refractivity contribution < 1.29 is 47.8 Å². The lowest BCUT2D eigenvalue weighted by atomic mass is 10.1. The number of amides is 1. The quantitative estimate of drug-likeness (QED) is 0.0242. The van der Waals surface area contributed by atoms with Crippen LogP contribution in [0.5, 0.6) is 0 Å². The minimum Gasteiger partial charge on any atom is -0.480 e. The van der Waals surface area contributed by atoms with Gasteiger partial charge < -0.3 is 25.2 Å². The van der Waals surface area contributed by atoms with Crippen LogP contribution in [0.3, 0.4) is 0 Å². The Morgan fingerprint density at radius 2 is 1.17 bits per heavy atom. The topological polar surface area (TPSA) is 169 Å². The zero-order valence-corrected chi connectivity index (χ0v) is 29.3. The molecule has 4 N–H and O–H groups in total. The number of carbonyl (C=O) groups is 3. The Morgan fingerprint density at radius 3 is 1.74 bits per heavy atom. The van der Waals surface area contributed by atoms with E-state index in [1.807, 2.05) is 0 Å². The normalized spacial score (nSPS) is 14.3. The van der Waals surface area contributed by atoms with Gasteiger partial charge in [-0.15, -0.1) is 0 Å². The molecule has 12 heteroatoms. The summed E-state index contributed by atoms with van der Waals surface area (Å²) in [6.07, 6.45) is 26.6. The second-order valence-electron chi connectivity index (χ2n) is 11.7. The van der Waals surface area contributed by atoms with Crippen LogP contribution in [0.25, 0.3) is 0 Å². The first kappa shape index (κ1) is 44.0. The van der Waals surface area contributed by atoms with Crippen LogP contribution in [0.2, 0.25) is 0 Å². The summed E-state index contributed by atoms with van der Waals surface area (Å²) in [5.41, 5.74) is 0. The third kappa shape index (κ3) is 29.4. The molecule has 0 saturated heterocycles. The molecule has 46 heavy (non-hydrogen) atoms. The van der Waals surface area contributed by atoms with Gasteiger partial charge in [0.25, 0.3) is 0 Å². The van der Waals surface area contributed by atoms with Gasteiger partial charge in [-0.05, 0) is 57.8 Å². The highest BCUT2D eigenvalue weighted by Gasteiger charge is 2.28. The molecule has 0 aromatic carbocycles. The number of aliphatic hydroxyl groups excluding tert-OH is 1. The molecule has 0 heterocycles. The summed E-state index contributed by atoms with van der Waals surface area (Å²) in [5, 5.41) is 21.6. The van der Waals surface area contributed by atoms with Crippen molar-refractivity contribution in [1.29, 1.82) is 0 Å². The monoisotopic (exact) mass is 675 g/mol. The van der Waals surface area contributed by atoms with Crippen molar-refractivity contribution in [2.45, 2.75) is 154 Å². The van der Waals surface area contributed by atoms with Gasteiger partial charge in [0, 0.05) is 12.8 Å². The number of carboxylic acid groups (broad SMARTS) is 1. The molecule has 3 unspecified atom stereocenters. The number of aliphatic carboxylic acids is 1. The highest BCUT2D eigenvalue weighted by molar-refractivity contribution is 7.47. The Labute approximate surface area is 277 Å². The largest absolute Gasteiger partial charge is 0.480 e. The summed E-state index contributed by atoms with van der Waals surface area (Å²) in [5.74, 6) is -2.40. The van der Waals surface area contributed by atoms with Gasteiger partial charge in [-0.3, -0.25) is 18.6 Å². The number of hydrogen-bond acceptors (Lipinski definition) is 8. The molecule has 0 saturated carbocycles. The average molecular weight is 676 g/mol. The molecule has 0 spiro atoms. The maximum absolute atomic E-state index is 12.2. The zero-order chi connectivity index (χ0) is 34.3. The van der Waals surface area contributed by atoms with Crippen LogP contribution in [-0.2, 0) is 32.7 Å². The van der Waals surface area contributed by atoms with Crippen molar-refractivity contribution in [3.63, 3.8) is 0 Å². The van der Waals surface area contributed by atoms with Gasteiger partial charge in [0.05, 0.1) is 13.2 Å². The number of aliphatic hydroxyl groups is 1. The molecule has 3 atom stereocenters. The Hall–Kier alpha value is -2.04. The van der Waals surface area contributed by atoms with E-state index < -0.39 is 57.6 Å². The van der Waals surface area contributed by atoms with Gasteiger partial charge >= 0.3 is 19.8 Å². The van der Waals surface area contributed by atoms with E-state index in [4.69, 9.17) is 13.8 Å². The van der Waals surface area contributed by atoms with E-state index in [9.17, 15) is 34.1 Å². The highest BCUT2D eigenvalue weighted by atomic mass is 31.2. The Bertz CT molecular complexity index is 895. The molecular weight excluding hydrogens is 613 g/mol. The third-order valence-electron chi connectivity index (χ3n) is 7.19. The van der Waals surface area contributed by atoms with Gasteiger partial charge in [-0.2, -0.15) is 0 Å². The fourth-order valence-corrected chi connectivity index (χ4v) is 5.20. The number of rotatable bonds is 32. The first-order chi connectivity index (χ1) is 22.1. The highest BCUT2D eigenvalue weighted by Crippen LogP contribution is 2.43. The summed E-state index contributed by atoms with van der Waals surface area (Å²) >= 11 is 0. The third-order valence-corrected chi connectivity index (χ3v) is 8.14. The fourth-order valence-electron chi connectivity index (χ4n) is 4.43. The lowest BCUT2D eigenvalue weighted by molar-refractivity contribution is -0.147. The number of unbranched alkanes of at least 4 members (excludes halogenated alkanes) is 14. The van der Waals surface area contributed by atoms with Crippen LogP contribution < -0.4 is 5.32 Å². The minimum atomic E-state index is -4.74. The lowest BCUT2D eigenvalue weighted by Gasteiger charge is -2.18. The summed E-state index contributed by atoms with van der Waals surface area (Å²) in [6, 6.07) is -1.55. The number of carbonyl (C=O) groups excluding carboxylic acids is 2. The van der Waals surface area contributed by atoms with E-state index in [0.29, 0.717) is 12.8 Å². The van der Waals surface area contributed by atoms with E-state index in [0.717, 1.165) is 83.5 Å². The summed E-state index contributed by atoms with van der Waals surface area (Å²) in [7, 11) is -4.74. The summed E-state index contributed by atoms with van der Waals surface area (Å²) in [6.45, 7) is 2.44. The molecule has 0 aromatic heterocycles. The Kier molecular flexibility index (Phi) is 29.0. The standard InChI is InChI=1S/C34H62NO10P/c1-3-5-7-9-11-13-15-16-18-20-22-24-26-33(38)43-27-30(36)28-44-46(41,42)45-29-31(34(39)40)35-32(37)25-23-21-19-17-14-12-10-8-6-4-2/h8,10-11,13,30-31,36H,3-7,9,12,14-29H2,1-2H3,(H,35,37)(H,39,40)(H,41,42)/b10-8-,13-11-. The molecule has 11 nitrogen and oxygen atoms in total. The Morgan fingerprint density at radius 1 is 0.674 bits per heavy atom. The van der Waals surface area contributed by atoms with Crippen molar-refractivity contribution in [2.24, 2.45) is 0 Å². The van der Waals surface area contributed by atoms with E-state index in [1.165, 1.54) is 19.3 Å². The van der Waals surface area contributed by atoms with Gasteiger partial charge in [0.15, 0.2) is 6.04 Å². The smallest absolute Gasteiger partial charge is 0.472 e. The number of phosphoric acid groups is 1. The van der Waals surface area contributed by atoms with E-state index in [1.54, 1.807) is 0 Å². The number of carboxylic acids is 1. The molecule has 0 aliphatic rings. The van der Waals surface area contributed by atoms with E-state index in [-0.39, 0.29) is 12.8 Å². The van der Waals surface area contributed by atoms with E-state index in [2.05, 4.69) is 43.5 Å². The number of nitrogens with one attached hydrogen (secondary N) is 1. The maximum atomic E-state index is 12.2. The van der Waals surface area contributed by atoms with Crippen LogP contribution in [0.15, 0.2) is 24.3 Å². The molecule has 0 aromatic rings. The molecule has 0 radical (unpaired) electrons. The second kappa shape index (κ2) is 30.3. The van der Waals surface area contributed by atoms with Crippen molar-refractivity contribution in [3.05, 3.63) is 24.3 Å². The van der Waals surface area contributed by atoms with Crippen LogP contribution in [0.4, 0.5) is 0 Å². The van der Waals surface area contributed by atoms with Crippen molar-refractivity contribution in [1.82, 2.24) is 5.32 Å². The van der Waals surface area contributed by atoms with Crippen LogP contribution in [0.1, 0.15) is 142 Å². The number of phosphoric ester groups is 1. The lowest BCUT2D eigenvalue weighted by Crippen LogP contribution is -2.43. The predicted octanol–water partition coefficient (Wildman–Crippen LogP) is 7.55. The molecular formula is C34H62NO10P. The van der Waals surface area contributed by atoms with Gasteiger partial charge in [0.2, 0.25) is 5.91 Å². The number of ether oxygens (including phenoxy) is 1. The van der Waals surface area contributed by atoms with Gasteiger partial charge in [-0.25, -0.2) is 9.36 Å². The van der Waals surface area contributed by atoms with Crippen molar-refractivity contribution in [2.75, 3.05) is 19.8 Å². The molecule has 0 aliphatic heterocycles. The Balaban J connectivity index is 4.03. The van der Waals surface area contributed by atoms with Crippen LogP contribution in [0, 0.1) is 0 Å². The first-order valence-corrected chi connectivity index (χ1v) is 18.9. The SMILES string of the molecule is CCC/C=C\CCCCCCCC(=O)NC(COP(=O)(O)OCC(O)COC(=O)CCCCCCC/C=C\CCCCC)C(=O)O. The molecule has 0 aliphatic carbocycles. The molecule has 0 bridgehead atoms. The van der Waals surface area contributed by atoms with Crippen LogP contribution in [-0.4, -0.2) is 64.9 Å². The molecule has 0 rings (SSSR count). The average Bonchev–Trinajstić information content (AvgIpc) is 3.02. The van der Waals surface area contributed by atoms with Gasteiger partial charge in [-0.1, -0.05) is 95.9 Å².